The molecule has 8 nitrogen and oxygen atoms in total. The van der Waals surface area contributed by atoms with Gasteiger partial charge in [-0.3, -0.25) is 13.9 Å². The largest absolute Gasteiger partial charge is 0.494 e. The van der Waals surface area contributed by atoms with E-state index in [0.717, 1.165) is 33.8 Å². The fourth-order valence-corrected chi connectivity index (χ4v) is 5.97. The maximum atomic E-state index is 14.1. The zero-order valence-corrected chi connectivity index (χ0v) is 26.1. The molecule has 42 heavy (non-hydrogen) atoms. The average Bonchev–Trinajstić information content (AvgIpc) is 2.98. The molecule has 0 saturated heterocycles. The number of carbonyl (C=O) groups is 2. The number of benzene rings is 3. The standard InChI is InChI=1S/C33H43N3O5S/c1-6-9-22-34-33(38)31(7-2)35(23-27-14-10-25(4)11-15-27)32(37)24-36(28-16-12-26(5)13-17-28)42(39,40)30-20-18-29(19-21-30)41-8-3/h10-21,31H,6-9,22-24H2,1-5H3,(H,34,38)/t31-/m1/s1. The third kappa shape index (κ3) is 8.58. The highest BCUT2D eigenvalue weighted by Crippen LogP contribution is 2.26. The van der Waals surface area contributed by atoms with E-state index < -0.39 is 28.5 Å². The van der Waals surface area contributed by atoms with Gasteiger partial charge in [-0.05, 0) is 75.6 Å². The molecule has 0 fully saturated rings. The smallest absolute Gasteiger partial charge is 0.264 e. The normalized spacial score (nSPS) is 11.9. The van der Waals surface area contributed by atoms with Crippen molar-refractivity contribution in [2.45, 2.75) is 71.4 Å². The summed E-state index contributed by atoms with van der Waals surface area (Å²) in [5.74, 6) is -0.163. The zero-order valence-electron chi connectivity index (χ0n) is 25.3. The van der Waals surface area contributed by atoms with Gasteiger partial charge >= 0.3 is 0 Å². The summed E-state index contributed by atoms with van der Waals surface area (Å²) in [4.78, 5) is 29.0. The molecular weight excluding hydrogens is 550 g/mol. The topological polar surface area (TPSA) is 96.0 Å². The number of hydrogen-bond donors (Lipinski definition) is 1. The second-order valence-corrected chi connectivity index (χ2v) is 12.2. The van der Waals surface area contributed by atoms with Gasteiger partial charge in [0.15, 0.2) is 0 Å². The number of rotatable bonds is 15. The highest BCUT2D eigenvalue weighted by Gasteiger charge is 2.33. The molecule has 0 saturated carbocycles. The zero-order chi connectivity index (χ0) is 30.7. The molecule has 1 atom stereocenters. The van der Waals surface area contributed by atoms with Crippen molar-refractivity contribution in [3.63, 3.8) is 0 Å². The fourth-order valence-electron chi connectivity index (χ4n) is 4.56. The summed E-state index contributed by atoms with van der Waals surface area (Å²) in [7, 11) is -4.15. The number of carbonyl (C=O) groups excluding carboxylic acids is 2. The van der Waals surface area contributed by atoms with Crippen LogP contribution in [0.2, 0.25) is 0 Å². The molecule has 3 aromatic carbocycles. The monoisotopic (exact) mass is 593 g/mol. The quantitative estimate of drug-likeness (QED) is 0.231. The van der Waals surface area contributed by atoms with E-state index in [-0.39, 0.29) is 17.3 Å². The van der Waals surface area contributed by atoms with E-state index in [1.54, 1.807) is 36.4 Å². The van der Waals surface area contributed by atoms with Crippen molar-refractivity contribution < 1.29 is 22.7 Å². The number of hydrogen-bond acceptors (Lipinski definition) is 5. The van der Waals surface area contributed by atoms with E-state index in [1.807, 2.05) is 58.9 Å². The van der Waals surface area contributed by atoms with Crippen molar-refractivity contribution in [3.8, 4) is 5.75 Å². The summed E-state index contributed by atoms with van der Waals surface area (Å²) in [5.41, 5.74) is 3.25. The van der Waals surface area contributed by atoms with Gasteiger partial charge in [0, 0.05) is 13.1 Å². The number of nitrogens with zero attached hydrogens (tertiary/aromatic N) is 2. The Morgan fingerprint density at radius 1 is 0.857 bits per heavy atom. The Kier molecular flexibility index (Phi) is 12.0. The van der Waals surface area contributed by atoms with E-state index in [2.05, 4.69) is 5.32 Å². The lowest BCUT2D eigenvalue weighted by molar-refractivity contribution is -0.140. The predicted octanol–water partition coefficient (Wildman–Crippen LogP) is 5.62. The van der Waals surface area contributed by atoms with Crippen LogP contribution in [-0.4, -0.2) is 50.9 Å². The Labute approximate surface area is 250 Å². The summed E-state index contributed by atoms with van der Waals surface area (Å²) >= 11 is 0. The second-order valence-electron chi connectivity index (χ2n) is 10.3. The van der Waals surface area contributed by atoms with E-state index in [9.17, 15) is 18.0 Å². The highest BCUT2D eigenvalue weighted by atomic mass is 32.2. The Morgan fingerprint density at radius 3 is 2.00 bits per heavy atom. The average molecular weight is 594 g/mol. The van der Waals surface area contributed by atoms with Crippen molar-refractivity contribution in [2.24, 2.45) is 0 Å². The summed E-state index contributed by atoms with van der Waals surface area (Å²) in [6.07, 6.45) is 2.14. The minimum Gasteiger partial charge on any atom is -0.494 e. The van der Waals surface area contributed by atoms with Crippen LogP contribution in [0.25, 0.3) is 0 Å². The van der Waals surface area contributed by atoms with Gasteiger partial charge in [-0.25, -0.2) is 8.42 Å². The van der Waals surface area contributed by atoms with Crippen LogP contribution in [0.15, 0.2) is 77.7 Å². The number of ether oxygens (including phenoxy) is 1. The van der Waals surface area contributed by atoms with Crippen LogP contribution >= 0.6 is 0 Å². The van der Waals surface area contributed by atoms with Gasteiger partial charge in [0.2, 0.25) is 11.8 Å². The molecule has 0 aliphatic rings. The maximum Gasteiger partial charge on any atom is 0.264 e. The van der Waals surface area contributed by atoms with Gasteiger partial charge < -0.3 is 15.0 Å². The number of amides is 2. The lowest BCUT2D eigenvalue weighted by atomic mass is 10.1. The molecule has 0 unspecified atom stereocenters. The molecule has 0 radical (unpaired) electrons. The molecule has 0 aliphatic heterocycles. The van der Waals surface area contributed by atoms with Gasteiger partial charge in [-0.1, -0.05) is 67.8 Å². The minimum atomic E-state index is -4.15. The third-order valence-corrected chi connectivity index (χ3v) is 8.80. The SMILES string of the molecule is CCCCNC(=O)[C@@H](CC)N(Cc1ccc(C)cc1)C(=O)CN(c1ccc(C)cc1)S(=O)(=O)c1ccc(OCC)cc1. The Bertz CT molecular complexity index is 1410. The van der Waals surface area contributed by atoms with Gasteiger partial charge in [-0.2, -0.15) is 0 Å². The van der Waals surface area contributed by atoms with Crippen LogP contribution in [0.1, 0.15) is 56.7 Å². The molecule has 9 heteroatoms. The number of nitrogens with one attached hydrogen (secondary N) is 1. The first-order valence-electron chi connectivity index (χ1n) is 14.6. The number of sulfonamides is 1. The van der Waals surface area contributed by atoms with Crippen LogP contribution in [0.4, 0.5) is 5.69 Å². The van der Waals surface area contributed by atoms with Crippen LogP contribution in [-0.2, 0) is 26.2 Å². The molecule has 3 aromatic rings. The first-order chi connectivity index (χ1) is 20.1. The van der Waals surface area contributed by atoms with E-state index >= 15 is 0 Å². The van der Waals surface area contributed by atoms with Gasteiger partial charge in [0.25, 0.3) is 10.0 Å². The van der Waals surface area contributed by atoms with E-state index in [0.29, 0.717) is 31.0 Å². The second kappa shape index (κ2) is 15.4. The molecule has 0 spiro atoms. The fraction of sp³-hybridized carbons (Fsp3) is 0.394. The van der Waals surface area contributed by atoms with Crippen molar-refractivity contribution in [1.29, 1.82) is 0 Å². The van der Waals surface area contributed by atoms with Crippen molar-refractivity contribution in [3.05, 3.63) is 89.5 Å². The first-order valence-corrected chi connectivity index (χ1v) is 16.0. The van der Waals surface area contributed by atoms with Crippen molar-refractivity contribution >= 4 is 27.5 Å². The number of aryl methyl sites for hydroxylation is 2. The number of unbranched alkanes of at least 4 members (excludes halogenated alkanes) is 1. The molecule has 3 rings (SSSR count). The minimum absolute atomic E-state index is 0.0359. The van der Waals surface area contributed by atoms with Gasteiger partial charge in [-0.15, -0.1) is 0 Å². The van der Waals surface area contributed by atoms with Gasteiger partial charge in [0.1, 0.15) is 18.3 Å². The molecule has 0 heterocycles. The lowest BCUT2D eigenvalue weighted by Crippen LogP contribution is -2.52. The Morgan fingerprint density at radius 2 is 1.45 bits per heavy atom. The highest BCUT2D eigenvalue weighted by molar-refractivity contribution is 7.92. The van der Waals surface area contributed by atoms with Crippen LogP contribution < -0.4 is 14.4 Å². The van der Waals surface area contributed by atoms with Crippen LogP contribution in [0, 0.1) is 13.8 Å². The number of anilines is 1. The predicted molar refractivity (Wildman–Crippen MR) is 167 cm³/mol. The van der Waals surface area contributed by atoms with Crippen molar-refractivity contribution in [1.82, 2.24) is 10.2 Å². The molecule has 2 amide bonds. The van der Waals surface area contributed by atoms with Crippen LogP contribution in [0.3, 0.4) is 0 Å². The summed E-state index contributed by atoms with van der Waals surface area (Å²) in [6, 6.07) is 20.1. The van der Waals surface area contributed by atoms with E-state index in [4.69, 9.17) is 4.74 Å². The van der Waals surface area contributed by atoms with Gasteiger partial charge in [0.05, 0.1) is 17.2 Å². The molecule has 0 aromatic heterocycles. The van der Waals surface area contributed by atoms with Crippen LogP contribution in [0.5, 0.6) is 5.75 Å². The third-order valence-electron chi connectivity index (χ3n) is 7.01. The maximum absolute atomic E-state index is 14.1. The molecule has 0 bridgehead atoms. The molecule has 0 aliphatic carbocycles. The molecular formula is C33H43N3O5S. The summed E-state index contributed by atoms with van der Waals surface area (Å²) in [6.45, 7) is 10.3. The summed E-state index contributed by atoms with van der Waals surface area (Å²) in [5, 5.41) is 2.95. The van der Waals surface area contributed by atoms with E-state index in [1.165, 1.54) is 17.0 Å². The summed E-state index contributed by atoms with van der Waals surface area (Å²) < 4.78 is 34.6. The van der Waals surface area contributed by atoms with Crippen molar-refractivity contribution in [2.75, 3.05) is 24.0 Å². The Hall–Kier alpha value is -3.85. The molecule has 226 valence electrons. The first kappa shape index (κ1) is 32.7. The lowest BCUT2D eigenvalue weighted by Gasteiger charge is -2.33. The Balaban J connectivity index is 2.02. The molecule has 1 N–H and O–H groups in total.